The molecule has 1 aliphatic heterocycles. The van der Waals surface area contributed by atoms with Crippen LogP contribution in [-0.4, -0.2) is 44.0 Å². The minimum Gasteiger partial charge on any atom is -0.290 e. The number of hydrogen-bond donors (Lipinski definition) is 0. The van der Waals surface area contributed by atoms with Crippen LogP contribution in [0.1, 0.15) is 13.3 Å². The SMILES string of the molecule is CC1CCN(CC#N)CCS1(=O)=O. The van der Waals surface area contributed by atoms with Gasteiger partial charge in [-0.15, -0.1) is 0 Å². The Kier molecular flexibility index (Phi) is 3.28. The summed E-state index contributed by atoms with van der Waals surface area (Å²) in [7, 11) is -2.90. The van der Waals surface area contributed by atoms with Gasteiger partial charge in [0, 0.05) is 13.1 Å². The van der Waals surface area contributed by atoms with Gasteiger partial charge in [-0.05, 0) is 13.3 Å². The molecule has 5 heteroatoms. The molecule has 0 aromatic rings. The van der Waals surface area contributed by atoms with E-state index in [0.717, 1.165) is 0 Å². The lowest BCUT2D eigenvalue weighted by molar-refractivity contribution is 0.326. The minimum absolute atomic E-state index is 0.190. The van der Waals surface area contributed by atoms with Crippen molar-refractivity contribution in [2.75, 3.05) is 25.4 Å². The molecule has 0 N–H and O–H groups in total. The first-order chi connectivity index (χ1) is 6.06. The first kappa shape index (κ1) is 10.5. The second-order valence-corrected chi connectivity index (χ2v) is 5.94. The van der Waals surface area contributed by atoms with Crippen molar-refractivity contribution < 1.29 is 8.42 Å². The lowest BCUT2D eigenvalue weighted by Crippen LogP contribution is -2.27. The summed E-state index contributed by atoms with van der Waals surface area (Å²) in [6.45, 7) is 3.29. The summed E-state index contributed by atoms with van der Waals surface area (Å²) in [4.78, 5) is 1.89. The predicted molar refractivity (Wildman–Crippen MR) is 49.9 cm³/mol. The van der Waals surface area contributed by atoms with Gasteiger partial charge in [-0.25, -0.2) is 8.42 Å². The molecule has 1 unspecified atom stereocenters. The van der Waals surface area contributed by atoms with Crippen LogP contribution in [0.15, 0.2) is 0 Å². The van der Waals surface area contributed by atoms with E-state index in [1.807, 2.05) is 11.0 Å². The third-order valence-electron chi connectivity index (χ3n) is 2.45. The third kappa shape index (κ3) is 2.68. The number of rotatable bonds is 1. The predicted octanol–water partition coefficient (Wildman–Crippen LogP) is 0.0190. The Morgan fingerprint density at radius 1 is 1.54 bits per heavy atom. The average molecular weight is 202 g/mol. The van der Waals surface area contributed by atoms with Crippen molar-refractivity contribution in [3.05, 3.63) is 0 Å². The van der Waals surface area contributed by atoms with Crippen LogP contribution < -0.4 is 0 Å². The number of nitrogens with zero attached hydrogens (tertiary/aromatic N) is 2. The Bertz CT molecular complexity index is 305. The molecule has 1 fully saturated rings. The lowest BCUT2D eigenvalue weighted by Gasteiger charge is -2.13. The van der Waals surface area contributed by atoms with Crippen molar-refractivity contribution in [1.82, 2.24) is 4.90 Å². The molecule has 1 aliphatic rings. The van der Waals surface area contributed by atoms with Gasteiger partial charge in [0.2, 0.25) is 0 Å². The molecule has 0 aromatic heterocycles. The molecule has 13 heavy (non-hydrogen) atoms. The molecule has 1 atom stereocenters. The fourth-order valence-electron chi connectivity index (χ4n) is 1.37. The molecular weight excluding hydrogens is 188 g/mol. The van der Waals surface area contributed by atoms with Crippen molar-refractivity contribution in [3.63, 3.8) is 0 Å². The largest absolute Gasteiger partial charge is 0.290 e. The highest BCUT2D eigenvalue weighted by Gasteiger charge is 2.25. The van der Waals surface area contributed by atoms with Crippen LogP contribution in [0.4, 0.5) is 0 Å². The van der Waals surface area contributed by atoms with Gasteiger partial charge in [0.05, 0.1) is 23.6 Å². The Morgan fingerprint density at radius 2 is 2.23 bits per heavy atom. The molecule has 0 bridgehead atoms. The zero-order chi connectivity index (χ0) is 9.90. The van der Waals surface area contributed by atoms with Crippen LogP contribution in [0, 0.1) is 11.3 Å². The summed E-state index contributed by atoms with van der Waals surface area (Å²) in [5, 5.41) is 8.21. The maximum Gasteiger partial charge on any atom is 0.154 e. The standard InChI is InChI=1S/C8H14N2O2S/c1-8-2-4-10(5-3-9)6-7-13(8,11)12/h8H,2,4-7H2,1H3. The van der Waals surface area contributed by atoms with Crippen molar-refractivity contribution in [2.45, 2.75) is 18.6 Å². The van der Waals surface area contributed by atoms with Gasteiger partial charge in [-0.1, -0.05) is 0 Å². The third-order valence-corrected chi connectivity index (χ3v) is 4.66. The molecule has 0 amide bonds. The Hall–Kier alpha value is -0.600. The molecule has 1 saturated heterocycles. The highest BCUT2D eigenvalue weighted by atomic mass is 32.2. The van der Waals surface area contributed by atoms with E-state index < -0.39 is 9.84 Å². The summed E-state index contributed by atoms with van der Waals surface area (Å²) in [6.07, 6.45) is 0.643. The number of nitriles is 1. The summed E-state index contributed by atoms with van der Waals surface area (Å²) in [5.41, 5.74) is 0. The van der Waals surface area contributed by atoms with E-state index in [-0.39, 0.29) is 11.0 Å². The van der Waals surface area contributed by atoms with Gasteiger partial charge >= 0.3 is 0 Å². The maximum atomic E-state index is 11.4. The molecule has 74 valence electrons. The van der Waals surface area contributed by atoms with Gasteiger partial charge in [0.25, 0.3) is 0 Å². The highest BCUT2D eigenvalue weighted by molar-refractivity contribution is 7.92. The molecule has 0 spiro atoms. The van der Waals surface area contributed by atoms with Gasteiger partial charge in [0.1, 0.15) is 0 Å². The number of hydrogen-bond acceptors (Lipinski definition) is 4. The average Bonchev–Trinajstić information content (AvgIpc) is 2.19. The quantitative estimate of drug-likeness (QED) is 0.562. The highest BCUT2D eigenvalue weighted by Crippen LogP contribution is 2.12. The van der Waals surface area contributed by atoms with Gasteiger partial charge < -0.3 is 0 Å². The normalized spacial score (nSPS) is 29.1. The van der Waals surface area contributed by atoms with E-state index in [1.54, 1.807) is 6.92 Å². The van der Waals surface area contributed by atoms with E-state index >= 15 is 0 Å². The molecule has 4 nitrogen and oxygen atoms in total. The Labute approximate surface area is 79.1 Å². The van der Waals surface area contributed by atoms with Crippen LogP contribution in [0.5, 0.6) is 0 Å². The lowest BCUT2D eigenvalue weighted by atomic mass is 10.3. The van der Waals surface area contributed by atoms with E-state index in [0.29, 0.717) is 26.1 Å². The summed E-state index contributed by atoms with van der Waals surface area (Å²) in [5.74, 6) is 0.190. The van der Waals surface area contributed by atoms with Crippen LogP contribution in [-0.2, 0) is 9.84 Å². The van der Waals surface area contributed by atoms with E-state index in [9.17, 15) is 8.42 Å². The molecule has 1 rings (SSSR count). The molecule has 0 aliphatic carbocycles. The first-order valence-electron chi connectivity index (χ1n) is 4.37. The zero-order valence-electron chi connectivity index (χ0n) is 7.73. The van der Waals surface area contributed by atoms with Crippen LogP contribution in [0.2, 0.25) is 0 Å². The van der Waals surface area contributed by atoms with E-state index in [1.165, 1.54) is 0 Å². The molecule has 0 aromatic carbocycles. The second-order valence-electron chi connectivity index (χ2n) is 3.40. The zero-order valence-corrected chi connectivity index (χ0v) is 8.55. The van der Waals surface area contributed by atoms with Crippen molar-refractivity contribution >= 4 is 9.84 Å². The first-order valence-corrected chi connectivity index (χ1v) is 6.08. The fourth-order valence-corrected chi connectivity index (χ4v) is 2.75. The molecule has 0 saturated carbocycles. The van der Waals surface area contributed by atoms with Crippen LogP contribution >= 0.6 is 0 Å². The smallest absolute Gasteiger partial charge is 0.154 e. The molecule has 1 heterocycles. The summed E-state index contributed by atoms with van der Waals surface area (Å²) >= 11 is 0. The van der Waals surface area contributed by atoms with Crippen LogP contribution in [0.3, 0.4) is 0 Å². The Balaban J connectivity index is 2.64. The summed E-state index contributed by atoms with van der Waals surface area (Å²) in [6, 6.07) is 2.04. The molecule has 0 radical (unpaired) electrons. The Morgan fingerprint density at radius 3 is 2.85 bits per heavy atom. The van der Waals surface area contributed by atoms with Crippen molar-refractivity contribution in [3.8, 4) is 6.07 Å². The van der Waals surface area contributed by atoms with Crippen LogP contribution in [0.25, 0.3) is 0 Å². The fraction of sp³-hybridized carbons (Fsp3) is 0.875. The van der Waals surface area contributed by atoms with Gasteiger partial charge in [0.15, 0.2) is 9.84 Å². The second kappa shape index (κ2) is 4.07. The van der Waals surface area contributed by atoms with Crippen molar-refractivity contribution in [1.29, 1.82) is 5.26 Å². The van der Waals surface area contributed by atoms with Crippen molar-refractivity contribution in [2.24, 2.45) is 0 Å². The van der Waals surface area contributed by atoms with Gasteiger partial charge in [-0.3, -0.25) is 4.90 Å². The monoisotopic (exact) mass is 202 g/mol. The number of sulfone groups is 1. The summed E-state index contributed by atoms with van der Waals surface area (Å²) < 4.78 is 22.9. The van der Waals surface area contributed by atoms with E-state index in [4.69, 9.17) is 5.26 Å². The topological polar surface area (TPSA) is 61.2 Å². The van der Waals surface area contributed by atoms with E-state index in [2.05, 4.69) is 0 Å². The molecular formula is C8H14N2O2S. The van der Waals surface area contributed by atoms with Gasteiger partial charge in [-0.2, -0.15) is 5.26 Å². The maximum absolute atomic E-state index is 11.4. The minimum atomic E-state index is -2.90.